The average molecular weight is 252 g/mol. The minimum absolute atomic E-state index is 0.0806. The number of carbonyl (C=O) groups excluding carboxylic acids is 1. The lowest BCUT2D eigenvalue weighted by Crippen LogP contribution is -2.42. The van der Waals surface area contributed by atoms with Crippen LogP contribution in [0.15, 0.2) is 16.9 Å². The Bertz CT molecular complexity index is 507. The van der Waals surface area contributed by atoms with Crippen LogP contribution in [0.2, 0.25) is 0 Å². The molecule has 0 radical (unpaired) electrons. The number of aromatic nitrogens is 1. The summed E-state index contributed by atoms with van der Waals surface area (Å²) in [7, 11) is 0. The van der Waals surface area contributed by atoms with Crippen LogP contribution >= 0.6 is 0 Å². The standard InChI is InChI=1S/C12H16N2O4/c1-3-4-9(12(17)18)14-11(16)8-6-5-7(2)13-10(8)15/h5-6,9H,3-4H2,1-2H3,(H,13,15)(H,14,16)(H,17,18)/t9-/m1/s1. The van der Waals surface area contributed by atoms with Gasteiger partial charge in [0.2, 0.25) is 0 Å². The zero-order valence-electron chi connectivity index (χ0n) is 10.3. The fourth-order valence-electron chi connectivity index (χ4n) is 1.53. The molecule has 1 aromatic rings. The molecule has 0 unspecified atom stereocenters. The molecular formula is C12H16N2O4. The summed E-state index contributed by atoms with van der Waals surface area (Å²) >= 11 is 0. The monoisotopic (exact) mass is 252 g/mol. The number of nitrogens with one attached hydrogen (secondary N) is 2. The van der Waals surface area contributed by atoms with E-state index in [1.54, 1.807) is 13.0 Å². The molecule has 0 saturated carbocycles. The smallest absolute Gasteiger partial charge is 0.326 e. The van der Waals surface area contributed by atoms with Crippen LogP contribution in [-0.2, 0) is 4.79 Å². The van der Waals surface area contributed by atoms with E-state index in [0.717, 1.165) is 0 Å². The number of hydrogen-bond acceptors (Lipinski definition) is 3. The third-order valence-corrected chi connectivity index (χ3v) is 2.48. The number of carboxylic acids is 1. The predicted molar refractivity (Wildman–Crippen MR) is 65.6 cm³/mol. The van der Waals surface area contributed by atoms with Crippen molar-refractivity contribution in [1.29, 1.82) is 0 Å². The van der Waals surface area contributed by atoms with Crippen molar-refractivity contribution in [2.75, 3.05) is 0 Å². The third-order valence-electron chi connectivity index (χ3n) is 2.48. The molecule has 0 aliphatic rings. The Morgan fingerprint density at radius 3 is 2.61 bits per heavy atom. The molecule has 1 aromatic heterocycles. The molecule has 6 nitrogen and oxygen atoms in total. The Kier molecular flexibility index (Phi) is 4.65. The first-order valence-corrected chi connectivity index (χ1v) is 5.69. The summed E-state index contributed by atoms with van der Waals surface area (Å²) in [5.74, 6) is -1.77. The number of carbonyl (C=O) groups is 2. The second-order valence-electron chi connectivity index (χ2n) is 4.04. The fourth-order valence-corrected chi connectivity index (χ4v) is 1.53. The Hall–Kier alpha value is -2.11. The van der Waals surface area contributed by atoms with Crippen LogP contribution in [0, 0.1) is 6.92 Å². The normalized spacial score (nSPS) is 11.9. The molecular weight excluding hydrogens is 236 g/mol. The molecule has 1 rings (SSSR count). The topological polar surface area (TPSA) is 99.3 Å². The van der Waals surface area contributed by atoms with Gasteiger partial charge in [-0.05, 0) is 25.5 Å². The molecule has 1 heterocycles. The van der Waals surface area contributed by atoms with Gasteiger partial charge >= 0.3 is 5.97 Å². The van der Waals surface area contributed by atoms with Gasteiger partial charge in [-0.15, -0.1) is 0 Å². The Balaban J connectivity index is 2.87. The van der Waals surface area contributed by atoms with Gasteiger partial charge < -0.3 is 15.4 Å². The van der Waals surface area contributed by atoms with Crippen LogP contribution in [0.4, 0.5) is 0 Å². The Morgan fingerprint density at radius 2 is 2.11 bits per heavy atom. The van der Waals surface area contributed by atoms with Crippen molar-refractivity contribution in [2.24, 2.45) is 0 Å². The summed E-state index contributed by atoms with van der Waals surface area (Å²) < 4.78 is 0. The number of aromatic amines is 1. The van der Waals surface area contributed by atoms with E-state index in [1.807, 2.05) is 6.92 Å². The molecule has 1 atom stereocenters. The van der Waals surface area contributed by atoms with Crippen molar-refractivity contribution in [2.45, 2.75) is 32.7 Å². The fraction of sp³-hybridized carbons (Fsp3) is 0.417. The predicted octanol–water partition coefficient (Wildman–Crippen LogP) is 0.666. The maximum Gasteiger partial charge on any atom is 0.326 e. The lowest BCUT2D eigenvalue weighted by atomic mass is 10.1. The van der Waals surface area contributed by atoms with Gasteiger partial charge in [0.15, 0.2) is 0 Å². The van der Waals surface area contributed by atoms with E-state index in [0.29, 0.717) is 18.5 Å². The summed E-state index contributed by atoms with van der Waals surface area (Å²) in [5.41, 5.74) is 0.0379. The maximum absolute atomic E-state index is 11.8. The third kappa shape index (κ3) is 3.44. The molecule has 18 heavy (non-hydrogen) atoms. The highest BCUT2D eigenvalue weighted by molar-refractivity contribution is 5.96. The van der Waals surface area contributed by atoms with Crippen molar-refractivity contribution in [3.8, 4) is 0 Å². The Morgan fingerprint density at radius 1 is 1.44 bits per heavy atom. The van der Waals surface area contributed by atoms with Crippen molar-refractivity contribution in [3.63, 3.8) is 0 Å². The molecule has 0 aromatic carbocycles. The van der Waals surface area contributed by atoms with Gasteiger partial charge in [0.05, 0.1) is 0 Å². The molecule has 0 fully saturated rings. The Labute approximate surface area is 104 Å². The summed E-state index contributed by atoms with van der Waals surface area (Å²) in [4.78, 5) is 36.7. The first-order chi connectivity index (χ1) is 8.45. The van der Waals surface area contributed by atoms with E-state index in [4.69, 9.17) is 5.11 Å². The highest BCUT2D eigenvalue weighted by Crippen LogP contribution is 2.00. The quantitative estimate of drug-likeness (QED) is 0.717. The number of carboxylic acid groups (broad SMARTS) is 1. The molecule has 0 spiro atoms. The summed E-state index contributed by atoms with van der Waals surface area (Å²) in [6, 6.07) is 2.00. The van der Waals surface area contributed by atoms with Gasteiger partial charge in [0, 0.05) is 5.69 Å². The van der Waals surface area contributed by atoms with Crippen molar-refractivity contribution >= 4 is 11.9 Å². The van der Waals surface area contributed by atoms with Crippen LogP contribution in [0.5, 0.6) is 0 Å². The molecule has 1 amide bonds. The largest absolute Gasteiger partial charge is 0.480 e. The van der Waals surface area contributed by atoms with Crippen LogP contribution < -0.4 is 10.9 Å². The van der Waals surface area contributed by atoms with E-state index < -0.39 is 23.5 Å². The first kappa shape index (κ1) is 14.0. The summed E-state index contributed by atoms with van der Waals surface area (Å²) in [6.45, 7) is 3.51. The molecule has 0 aliphatic heterocycles. The highest BCUT2D eigenvalue weighted by Gasteiger charge is 2.20. The number of H-pyrrole nitrogens is 1. The van der Waals surface area contributed by atoms with E-state index in [-0.39, 0.29) is 5.56 Å². The lowest BCUT2D eigenvalue weighted by Gasteiger charge is -2.13. The number of hydrogen-bond donors (Lipinski definition) is 3. The van der Waals surface area contributed by atoms with Crippen LogP contribution in [-0.4, -0.2) is 28.0 Å². The van der Waals surface area contributed by atoms with Crippen molar-refractivity contribution in [1.82, 2.24) is 10.3 Å². The molecule has 98 valence electrons. The summed E-state index contributed by atoms with van der Waals surface area (Å²) in [6.07, 6.45) is 0.951. The molecule has 0 saturated heterocycles. The second-order valence-corrected chi connectivity index (χ2v) is 4.04. The molecule has 0 bridgehead atoms. The van der Waals surface area contributed by atoms with E-state index in [9.17, 15) is 14.4 Å². The van der Waals surface area contributed by atoms with Crippen molar-refractivity contribution < 1.29 is 14.7 Å². The van der Waals surface area contributed by atoms with Crippen molar-refractivity contribution in [3.05, 3.63) is 33.7 Å². The molecule has 6 heteroatoms. The van der Waals surface area contributed by atoms with Gasteiger partial charge in [-0.1, -0.05) is 13.3 Å². The van der Waals surface area contributed by atoms with E-state index >= 15 is 0 Å². The lowest BCUT2D eigenvalue weighted by molar-refractivity contribution is -0.139. The van der Waals surface area contributed by atoms with Gasteiger partial charge in [-0.2, -0.15) is 0 Å². The van der Waals surface area contributed by atoms with Gasteiger partial charge in [-0.25, -0.2) is 4.79 Å². The summed E-state index contributed by atoms with van der Waals surface area (Å²) in [5, 5.41) is 11.2. The van der Waals surface area contributed by atoms with E-state index in [2.05, 4.69) is 10.3 Å². The van der Waals surface area contributed by atoms with Crippen LogP contribution in [0.3, 0.4) is 0 Å². The van der Waals surface area contributed by atoms with Gasteiger partial charge in [0.1, 0.15) is 11.6 Å². The second kappa shape index (κ2) is 6.00. The minimum Gasteiger partial charge on any atom is -0.480 e. The molecule has 0 aliphatic carbocycles. The van der Waals surface area contributed by atoms with Crippen LogP contribution in [0.25, 0.3) is 0 Å². The van der Waals surface area contributed by atoms with E-state index in [1.165, 1.54) is 6.07 Å². The van der Waals surface area contributed by atoms with Crippen LogP contribution in [0.1, 0.15) is 35.8 Å². The highest BCUT2D eigenvalue weighted by atomic mass is 16.4. The zero-order valence-corrected chi connectivity index (χ0v) is 10.3. The zero-order chi connectivity index (χ0) is 13.7. The number of aliphatic carboxylic acids is 1. The first-order valence-electron chi connectivity index (χ1n) is 5.69. The number of amides is 1. The molecule has 3 N–H and O–H groups in total. The maximum atomic E-state index is 11.8. The van der Waals surface area contributed by atoms with Gasteiger partial charge in [-0.3, -0.25) is 9.59 Å². The number of aryl methyl sites for hydroxylation is 1. The SMILES string of the molecule is CCC[C@@H](NC(=O)c1ccc(C)[nH]c1=O)C(=O)O. The number of rotatable bonds is 5. The number of pyridine rings is 1. The minimum atomic E-state index is -1.10. The van der Waals surface area contributed by atoms with Gasteiger partial charge in [0.25, 0.3) is 11.5 Å². The average Bonchev–Trinajstić information content (AvgIpc) is 2.27.